The number of nitrogens with one attached hydrogen (secondary N) is 1. The molecule has 0 amide bonds. The molecule has 1 fully saturated rings. The number of hydrogen-bond acceptors (Lipinski definition) is 2. The maximum absolute atomic E-state index is 10.3. The topological polar surface area (TPSA) is 32.3 Å². The van der Waals surface area contributed by atoms with E-state index in [-0.39, 0.29) is 0 Å². The van der Waals surface area contributed by atoms with Gasteiger partial charge in [0.05, 0.1) is 0 Å². The van der Waals surface area contributed by atoms with E-state index >= 15 is 0 Å². The zero-order valence-corrected chi connectivity index (χ0v) is 13.7. The van der Waals surface area contributed by atoms with E-state index in [1.54, 1.807) is 0 Å². The van der Waals surface area contributed by atoms with Crippen molar-refractivity contribution < 1.29 is 5.11 Å². The van der Waals surface area contributed by atoms with E-state index in [4.69, 9.17) is 0 Å². The van der Waals surface area contributed by atoms with Gasteiger partial charge in [-0.1, -0.05) is 32.3 Å². The summed E-state index contributed by atoms with van der Waals surface area (Å²) in [5, 5.41) is 14.2. The summed E-state index contributed by atoms with van der Waals surface area (Å²) < 4.78 is 0. The van der Waals surface area contributed by atoms with Crippen molar-refractivity contribution in [1.29, 1.82) is 0 Å². The van der Waals surface area contributed by atoms with Gasteiger partial charge in [0, 0.05) is 17.6 Å². The minimum Gasteiger partial charge on any atom is -0.508 e. The molecule has 0 bridgehead atoms. The molecule has 0 radical (unpaired) electrons. The quantitative estimate of drug-likeness (QED) is 0.836. The second-order valence-electron chi connectivity index (χ2n) is 7.27. The first-order chi connectivity index (χ1) is 10.1. The molecule has 2 aliphatic carbocycles. The summed E-state index contributed by atoms with van der Waals surface area (Å²) >= 11 is 0. The highest BCUT2D eigenvalue weighted by molar-refractivity contribution is 5.50. The summed E-state index contributed by atoms with van der Waals surface area (Å²) in [6.07, 6.45) is 8.03. The van der Waals surface area contributed by atoms with E-state index in [2.05, 4.69) is 32.2 Å². The Hall–Kier alpha value is -1.02. The van der Waals surface area contributed by atoms with Crippen LogP contribution in [0.5, 0.6) is 5.75 Å². The minimum atomic E-state index is 0.326. The molecule has 1 saturated carbocycles. The zero-order chi connectivity index (χ0) is 15.0. The first-order valence-electron chi connectivity index (χ1n) is 8.66. The van der Waals surface area contributed by atoms with Crippen LogP contribution < -0.4 is 5.32 Å². The van der Waals surface area contributed by atoms with Gasteiger partial charge < -0.3 is 10.4 Å². The molecule has 21 heavy (non-hydrogen) atoms. The van der Waals surface area contributed by atoms with Crippen LogP contribution in [0.4, 0.5) is 0 Å². The number of hydrogen-bond donors (Lipinski definition) is 2. The Morgan fingerprint density at radius 1 is 1.14 bits per heavy atom. The molecule has 0 saturated heterocycles. The van der Waals surface area contributed by atoms with Crippen molar-refractivity contribution in [2.24, 2.45) is 5.92 Å². The summed E-state index contributed by atoms with van der Waals surface area (Å²) in [6, 6.07) is 4.80. The minimum absolute atomic E-state index is 0.326. The van der Waals surface area contributed by atoms with Crippen LogP contribution in [-0.4, -0.2) is 11.1 Å². The van der Waals surface area contributed by atoms with Crippen molar-refractivity contribution in [3.63, 3.8) is 0 Å². The molecule has 1 aromatic rings. The van der Waals surface area contributed by atoms with Crippen LogP contribution in [0.1, 0.15) is 81.0 Å². The number of phenols is 1. The van der Waals surface area contributed by atoms with Gasteiger partial charge in [0.1, 0.15) is 5.75 Å². The molecule has 1 aromatic carbocycles. The van der Waals surface area contributed by atoms with E-state index in [0.717, 1.165) is 12.3 Å². The van der Waals surface area contributed by atoms with Crippen molar-refractivity contribution in [2.45, 2.75) is 77.3 Å². The maximum Gasteiger partial charge on any atom is 0.120 e. The third-order valence-electron chi connectivity index (χ3n) is 5.73. The second-order valence-corrected chi connectivity index (χ2v) is 7.27. The van der Waals surface area contributed by atoms with Gasteiger partial charge in [0.25, 0.3) is 0 Å². The molecule has 2 heteroatoms. The standard InChI is InChI=1S/C19H29NO/c1-12-9-10-17(21)19-16(11-13(2)18(12)19)20-14(3)15-7-5-4-6-8-15/h9-10,13-16,20-21H,4-8,11H2,1-3H3/t13?,14-,16?/m0/s1. The monoisotopic (exact) mass is 287 g/mol. The Morgan fingerprint density at radius 2 is 1.86 bits per heavy atom. The van der Waals surface area contributed by atoms with Gasteiger partial charge in [-0.3, -0.25) is 0 Å². The van der Waals surface area contributed by atoms with Crippen molar-refractivity contribution in [3.8, 4) is 5.75 Å². The average molecular weight is 287 g/mol. The van der Waals surface area contributed by atoms with Crippen molar-refractivity contribution in [1.82, 2.24) is 5.32 Å². The first kappa shape index (κ1) is 14.9. The third-order valence-corrected chi connectivity index (χ3v) is 5.73. The van der Waals surface area contributed by atoms with Crippen molar-refractivity contribution >= 4 is 0 Å². The number of aryl methyl sites for hydroxylation is 1. The summed E-state index contributed by atoms with van der Waals surface area (Å²) in [4.78, 5) is 0. The van der Waals surface area contributed by atoms with Crippen LogP contribution in [0.2, 0.25) is 0 Å². The molecular formula is C19H29NO. The molecule has 2 nitrogen and oxygen atoms in total. The molecular weight excluding hydrogens is 258 g/mol. The highest BCUT2D eigenvalue weighted by atomic mass is 16.3. The zero-order valence-electron chi connectivity index (χ0n) is 13.7. The fourth-order valence-corrected chi connectivity index (χ4v) is 4.58. The Bertz CT molecular complexity index is 505. The largest absolute Gasteiger partial charge is 0.508 e. The fourth-order valence-electron chi connectivity index (χ4n) is 4.58. The van der Waals surface area contributed by atoms with E-state index < -0.39 is 0 Å². The van der Waals surface area contributed by atoms with Gasteiger partial charge >= 0.3 is 0 Å². The summed E-state index contributed by atoms with van der Waals surface area (Å²) in [7, 11) is 0. The lowest BCUT2D eigenvalue weighted by Crippen LogP contribution is -2.36. The van der Waals surface area contributed by atoms with Gasteiger partial charge in [0.2, 0.25) is 0 Å². The lowest BCUT2D eigenvalue weighted by Gasteiger charge is -2.31. The summed E-state index contributed by atoms with van der Waals surface area (Å²) in [5.74, 6) is 1.83. The van der Waals surface area contributed by atoms with Gasteiger partial charge in [-0.05, 0) is 62.1 Å². The Morgan fingerprint density at radius 3 is 2.57 bits per heavy atom. The Balaban J connectivity index is 1.78. The van der Waals surface area contributed by atoms with E-state index in [9.17, 15) is 5.11 Å². The van der Waals surface area contributed by atoms with E-state index in [0.29, 0.717) is 23.8 Å². The predicted molar refractivity (Wildman–Crippen MR) is 87.8 cm³/mol. The van der Waals surface area contributed by atoms with Gasteiger partial charge in [-0.25, -0.2) is 0 Å². The second kappa shape index (κ2) is 6.00. The van der Waals surface area contributed by atoms with Crippen LogP contribution in [0.15, 0.2) is 12.1 Å². The number of fused-ring (bicyclic) bond motifs is 1. The number of phenolic OH excluding ortho intramolecular Hbond substituents is 1. The van der Waals surface area contributed by atoms with E-state index in [1.807, 2.05) is 6.07 Å². The van der Waals surface area contributed by atoms with Gasteiger partial charge in [-0.15, -0.1) is 0 Å². The van der Waals surface area contributed by atoms with Crippen molar-refractivity contribution in [3.05, 3.63) is 28.8 Å². The molecule has 2 unspecified atom stereocenters. The SMILES string of the molecule is Cc1ccc(O)c2c1C(C)CC2N[C@@H](C)C1CCCCC1. The smallest absolute Gasteiger partial charge is 0.120 e. The lowest BCUT2D eigenvalue weighted by atomic mass is 9.84. The van der Waals surface area contributed by atoms with Crippen LogP contribution in [0.25, 0.3) is 0 Å². The van der Waals surface area contributed by atoms with Crippen LogP contribution in [0.3, 0.4) is 0 Å². The molecule has 0 aliphatic heterocycles. The molecule has 3 rings (SSSR count). The Labute approximate surface area is 129 Å². The highest BCUT2D eigenvalue weighted by Gasteiger charge is 2.34. The number of benzene rings is 1. The normalized spacial score (nSPS) is 27.6. The van der Waals surface area contributed by atoms with Gasteiger partial charge in [0.15, 0.2) is 0 Å². The maximum atomic E-state index is 10.3. The molecule has 3 atom stereocenters. The van der Waals surface area contributed by atoms with Crippen LogP contribution in [-0.2, 0) is 0 Å². The molecule has 2 aliphatic rings. The first-order valence-corrected chi connectivity index (χ1v) is 8.66. The Kier molecular flexibility index (Phi) is 4.26. The molecule has 2 N–H and O–H groups in total. The van der Waals surface area contributed by atoms with Gasteiger partial charge in [-0.2, -0.15) is 0 Å². The highest BCUT2D eigenvalue weighted by Crippen LogP contribution is 2.46. The fraction of sp³-hybridized carbons (Fsp3) is 0.684. The third kappa shape index (κ3) is 2.83. The number of aromatic hydroxyl groups is 1. The predicted octanol–water partition coefficient (Wildman–Crippen LogP) is 4.81. The number of rotatable bonds is 3. The van der Waals surface area contributed by atoms with Crippen molar-refractivity contribution in [2.75, 3.05) is 0 Å². The molecule has 116 valence electrons. The molecule has 0 aromatic heterocycles. The summed E-state index contributed by atoms with van der Waals surface area (Å²) in [5.41, 5.74) is 3.87. The summed E-state index contributed by atoms with van der Waals surface area (Å²) in [6.45, 7) is 6.80. The van der Waals surface area contributed by atoms with Crippen LogP contribution in [0, 0.1) is 12.8 Å². The lowest BCUT2D eigenvalue weighted by molar-refractivity contribution is 0.261. The van der Waals surface area contributed by atoms with E-state index in [1.165, 1.54) is 48.8 Å². The molecule has 0 heterocycles. The molecule has 0 spiro atoms. The average Bonchev–Trinajstić information content (AvgIpc) is 2.81. The van der Waals surface area contributed by atoms with Crippen LogP contribution >= 0.6 is 0 Å².